The lowest BCUT2D eigenvalue weighted by molar-refractivity contribution is 0.352. The summed E-state index contributed by atoms with van der Waals surface area (Å²) in [6, 6.07) is 1.43. The van der Waals surface area contributed by atoms with Gasteiger partial charge in [0.2, 0.25) is 0 Å². The predicted molar refractivity (Wildman–Crippen MR) is 48.8 cm³/mol. The summed E-state index contributed by atoms with van der Waals surface area (Å²) < 4.78 is 0. The zero-order valence-corrected chi connectivity index (χ0v) is 7.69. The minimum absolute atomic E-state index is 0.658. The van der Waals surface area contributed by atoms with E-state index in [1.54, 1.807) is 0 Å². The second kappa shape index (κ2) is 4.73. The van der Waals surface area contributed by atoms with Crippen molar-refractivity contribution in [3.05, 3.63) is 0 Å². The van der Waals surface area contributed by atoms with Gasteiger partial charge in [0.05, 0.1) is 0 Å². The predicted octanol–water partition coefficient (Wildman–Crippen LogP) is 1.13. The maximum Gasteiger partial charge on any atom is 0.00817 e. The van der Waals surface area contributed by atoms with Crippen LogP contribution in [0.2, 0.25) is 0 Å². The summed E-state index contributed by atoms with van der Waals surface area (Å²) in [6.07, 6.45) is 5.42. The molecule has 0 aromatic heterocycles. The van der Waals surface area contributed by atoms with Crippen LogP contribution in [0, 0.1) is 0 Å². The van der Waals surface area contributed by atoms with Gasteiger partial charge in [-0.15, -0.1) is 0 Å². The zero-order valence-electron chi connectivity index (χ0n) is 7.69. The summed E-state index contributed by atoms with van der Waals surface area (Å²) >= 11 is 0. The van der Waals surface area contributed by atoms with Gasteiger partial charge in [-0.25, -0.2) is 0 Å². The van der Waals surface area contributed by atoms with E-state index < -0.39 is 0 Å². The van der Waals surface area contributed by atoms with Crippen LogP contribution in [0.5, 0.6) is 0 Å². The smallest absolute Gasteiger partial charge is 0.00817 e. The Morgan fingerprint density at radius 2 is 2.36 bits per heavy atom. The van der Waals surface area contributed by atoms with Crippen molar-refractivity contribution in [1.82, 2.24) is 10.6 Å². The molecule has 0 amide bonds. The van der Waals surface area contributed by atoms with Gasteiger partial charge in [0, 0.05) is 12.1 Å². The number of hydrogen-bond acceptors (Lipinski definition) is 2. The first-order valence-electron chi connectivity index (χ1n) is 4.73. The van der Waals surface area contributed by atoms with Crippen LogP contribution >= 0.6 is 0 Å². The number of nitrogens with one attached hydrogen (secondary N) is 2. The van der Waals surface area contributed by atoms with Crippen molar-refractivity contribution < 1.29 is 0 Å². The molecule has 1 aliphatic heterocycles. The van der Waals surface area contributed by atoms with Crippen molar-refractivity contribution in [3.8, 4) is 0 Å². The first kappa shape index (κ1) is 9.01. The summed E-state index contributed by atoms with van der Waals surface area (Å²) in [5.41, 5.74) is 0. The fourth-order valence-corrected chi connectivity index (χ4v) is 1.67. The zero-order chi connectivity index (χ0) is 8.10. The van der Waals surface area contributed by atoms with E-state index in [9.17, 15) is 0 Å². The molecule has 1 fully saturated rings. The normalized spacial score (nSPS) is 28.4. The van der Waals surface area contributed by atoms with E-state index in [1.807, 2.05) is 7.05 Å². The van der Waals surface area contributed by atoms with Crippen molar-refractivity contribution in [2.45, 2.75) is 44.7 Å². The lowest BCUT2D eigenvalue weighted by atomic mass is 9.99. The van der Waals surface area contributed by atoms with Crippen LogP contribution in [0.3, 0.4) is 0 Å². The van der Waals surface area contributed by atoms with E-state index in [0.29, 0.717) is 6.04 Å². The van der Waals surface area contributed by atoms with Gasteiger partial charge in [-0.1, -0.05) is 6.42 Å². The van der Waals surface area contributed by atoms with E-state index >= 15 is 0 Å². The second-order valence-corrected chi connectivity index (χ2v) is 3.57. The summed E-state index contributed by atoms with van der Waals surface area (Å²) in [6.45, 7) is 3.47. The Kier molecular flexibility index (Phi) is 3.87. The summed E-state index contributed by atoms with van der Waals surface area (Å²) in [5, 5.41) is 6.82. The molecule has 0 aromatic rings. The van der Waals surface area contributed by atoms with Gasteiger partial charge in [0.15, 0.2) is 0 Å². The maximum absolute atomic E-state index is 3.54. The molecule has 66 valence electrons. The molecule has 0 saturated carbocycles. The molecule has 2 N–H and O–H groups in total. The molecule has 2 atom stereocenters. The maximum atomic E-state index is 3.54. The third-order valence-electron chi connectivity index (χ3n) is 2.54. The Morgan fingerprint density at radius 3 is 2.91 bits per heavy atom. The number of rotatable bonds is 3. The van der Waals surface area contributed by atoms with E-state index in [-0.39, 0.29) is 0 Å². The molecule has 0 aliphatic carbocycles. The topological polar surface area (TPSA) is 24.1 Å². The fourth-order valence-electron chi connectivity index (χ4n) is 1.67. The largest absolute Gasteiger partial charge is 0.317 e. The monoisotopic (exact) mass is 156 g/mol. The van der Waals surface area contributed by atoms with Gasteiger partial charge in [-0.05, 0) is 39.8 Å². The highest BCUT2D eigenvalue weighted by Crippen LogP contribution is 2.11. The Labute approximate surface area is 69.8 Å². The van der Waals surface area contributed by atoms with Crippen LogP contribution in [0.25, 0.3) is 0 Å². The van der Waals surface area contributed by atoms with Crippen molar-refractivity contribution in [2.24, 2.45) is 0 Å². The highest BCUT2D eigenvalue weighted by Gasteiger charge is 2.14. The van der Waals surface area contributed by atoms with Crippen molar-refractivity contribution >= 4 is 0 Å². The van der Waals surface area contributed by atoms with E-state index in [0.717, 1.165) is 6.04 Å². The third-order valence-corrected chi connectivity index (χ3v) is 2.54. The lowest BCUT2D eigenvalue weighted by Crippen LogP contribution is -2.38. The average Bonchev–Trinajstić information content (AvgIpc) is 2.06. The van der Waals surface area contributed by atoms with Gasteiger partial charge in [-0.2, -0.15) is 0 Å². The molecule has 1 aliphatic rings. The van der Waals surface area contributed by atoms with Crippen LogP contribution < -0.4 is 10.6 Å². The molecule has 0 spiro atoms. The van der Waals surface area contributed by atoms with Gasteiger partial charge in [0.25, 0.3) is 0 Å². The number of piperidine rings is 1. The molecule has 1 heterocycles. The molecule has 2 heteroatoms. The Morgan fingerprint density at radius 1 is 1.55 bits per heavy atom. The quantitative estimate of drug-likeness (QED) is 0.640. The lowest BCUT2D eigenvalue weighted by Gasteiger charge is -2.25. The highest BCUT2D eigenvalue weighted by molar-refractivity contribution is 4.75. The van der Waals surface area contributed by atoms with Crippen LogP contribution in [-0.4, -0.2) is 25.7 Å². The molecule has 0 bridgehead atoms. The van der Waals surface area contributed by atoms with Crippen LogP contribution in [0.1, 0.15) is 32.6 Å². The first-order chi connectivity index (χ1) is 5.33. The molecule has 2 nitrogen and oxygen atoms in total. The third kappa shape index (κ3) is 3.21. The van der Waals surface area contributed by atoms with E-state index in [4.69, 9.17) is 0 Å². The Balaban J connectivity index is 2.13. The van der Waals surface area contributed by atoms with Gasteiger partial charge < -0.3 is 10.6 Å². The molecule has 11 heavy (non-hydrogen) atoms. The van der Waals surface area contributed by atoms with Crippen LogP contribution in [0.15, 0.2) is 0 Å². The van der Waals surface area contributed by atoms with Crippen molar-refractivity contribution in [1.29, 1.82) is 0 Å². The molecular formula is C9H20N2. The molecule has 1 saturated heterocycles. The average molecular weight is 156 g/mol. The van der Waals surface area contributed by atoms with Crippen LogP contribution in [-0.2, 0) is 0 Å². The van der Waals surface area contributed by atoms with E-state index in [2.05, 4.69) is 17.6 Å². The molecule has 0 aromatic carbocycles. The van der Waals surface area contributed by atoms with Gasteiger partial charge in [0.1, 0.15) is 0 Å². The minimum Gasteiger partial charge on any atom is -0.317 e. The molecular weight excluding hydrogens is 136 g/mol. The summed E-state index contributed by atoms with van der Waals surface area (Å²) in [5.74, 6) is 0. The standard InChI is InChI=1S/C9H20N2/c1-8(10-2)7-9-5-3-4-6-11-9/h8-11H,3-7H2,1-2H3. The van der Waals surface area contributed by atoms with Crippen LogP contribution in [0.4, 0.5) is 0 Å². The van der Waals surface area contributed by atoms with Crippen molar-refractivity contribution in [2.75, 3.05) is 13.6 Å². The minimum atomic E-state index is 0.658. The first-order valence-corrected chi connectivity index (χ1v) is 4.73. The molecule has 0 radical (unpaired) electrons. The SMILES string of the molecule is CNC(C)CC1CCCCN1. The number of hydrogen-bond donors (Lipinski definition) is 2. The highest BCUT2D eigenvalue weighted by atomic mass is 14.9. The second-order valence-electron chi connectivity index (χ2n) is 3.57. The molecule has 1 rings (SSSR count). The van der Waals surface area contributed by atoms with Crippen molar-refractivity contribution in [3.63, 3.8) is 0 Å². The van der Waals surface area contributed by atoms with Gasteiger partial charge in [-0.3, -0.25) is 0 Å². The van der Waals surface area contributed by atoms with E-state index in [1.165, 1.54) is 32.2 Å². The fraction of sp³-hybridized carbons (Fsp3) is 1.00. The Hall–Kier alpha value is -0.0800. The Bertz CT molecular complexity index is 97.7. The molecule has 2 unspecified atom stereocenters. The summed E-state index contributed by atoms with van der Waals surface area (Å²) in [7, 11) is 2.04. The summed E-state index contributed by atoms with van der Waals surface area (Å²) in [4.78, 5) is 0. The van der Waals surface area contributed by atoms with Gasteiger partial charge >= 0.3 is 0 Å².